The average molecular weight is 447 g/mol. The van der Waals surface area contributed by atoms with Crippen LogP contribution in [0.3, 0.4) is 0 Å². The molecule has 0 spiro atoms. The first-order chi connectivity index (χ1) is 14.4. The van der Waals surface area contributed by atoms with Gasteiger partial charge in [0.2, 0.25) is 11.8 Å². The Balaban J connectivity index is 1.72. The summed E-state index contributed by atoms with van der Waals surface area (Å²) in [5.41, 5.74) is 1.95. The number of benzene rings is 2. The molecule has 160 valence electrons. The zero-order valence-corrected chi connectivity index (χ0v) is 18.8. The van der Waals surface area contributed by atoms with Crippen LogP contribution in [0.5, 0.6) is 0 Å². The monoisotopic (exact) mass is 446 g/mol. The predicted molar refractivity (Wildman–Crippen MR) is 122 cm³/mol. The van der Waals surface area contributed by atoms with E-state index >= 15 is 0 Å². The molecule has 0 aromatic heterocycles. The Hall–Kier alpha value is -2.04. The van der Waals surface area contributed by atoms with Crippen molar-refractivity contribution in [2.45, 2.75) is 64.1 Å². The maximum atomic E-state index is 13.1. The highest BCUT2D eigenvalue weighted by Crippen LogP contribution is 2.24. The molecule has 1 atom stereocenters. The molecule has 2 aromatic carbocycles. The Morgan fingerprint density at radius 2 is 1.73 bits per heavy atom. The summed E-state index contributed by atoms with van der Waals surface area (Å²) < 4.78 is 0. The van der Waals surface area contributed by atoms with E-state index in [0.29, 0.717) is 29.4 Å². The minimum absolute atomic E-state index is 0.0565. The minimum atomic E-state index is -0.566. The van der Waals surface area contributed by atoms with Crippen LogP contribution in [-0.2, 0) is 22.6 Å². The van der Waals surface area contributed by atoms with Crippen LogP contribution in [0.25, 0.3) is 0 Å². The number of aryl methyl sites for hydroxylation is 1. The molecule has 3 rings (SSSR count). The number of hydrogen-bond acceptors (Lipinski definition) is 2. The third kappa shape index (κ3) is 6.23. The lowest BCUT2D eigenvalue weighted by atomic mass is 10.1. The first kappa shape index (κ1) is 22.6. The van der Waals surface area contributed by atoms with Crippen molar-refractivity contribution in [1.29, 1.82) is 0 Å². The molecule has 1 aliphatic rings. The molecular weight excluding hydrogens is 419 g/mol. The smallest absolute Gasteiger partial charge is 0.242 e. The number of nitrogens with zero attached hydrogens (tertiary/aromatic N) is 1. The zero-order chi connectivity index (χ0) is 21.5. The van der Waals surface area contributed by atoms with Crippen LogP contribution >= 0.6 is 23.2 Å². The average Bonchev–Trinajstić information content (AvgIpc) is 3.26. The Kier molecular flexibility index (Phi) is 8.17. The van der Waals surface area contributed by atoms with Gasteiger partial charge in [0.1, 0.15) is 6.04 Å². The molecule has 1 fully saturated rings. The van der Waals surface area contributed by atoms with Gasteiger partial charge in [-0.2, -0.15) is 0 Å². The molecule has 1 N–H and O–H groups in total. The van der Waals surface area contributed by atoms with Gasteiger partial charge in [-0.05, 0) is 49.4 Å². The second-order valence-corrected chi connectivity index (χ2v) is 8.74. The zero-order valence-electron chi connectivity index (χ0n) is 17.2. The second-order valence-electron chi connectivity index (χ2n) is 7.92. The van der Waals surface area contributed by atoms with Crippen LogP contribution in [0, 0.1) is 0 Å². The normalized spacial score (nSPS) is 15.0. The number of halogens is 2. The van der Waals surface area contributed by atoms with Crippen LogP contribution < -0.4 is 5.32 Å². The molecular formula is C24H28Cl2N2O2. The molecule has 4 nitrogen and oxygen atoms in total. The summed E-state index contributed by atoms with van der Waals surface area (Å²) >= 11 is 12.2. The summed E-state index contributed by atoms with van der Waals surface area (Å²) in [5, 5.41) is 4.02. The van der Waals surface area contributed by atoms with Crippen LogP contribution in [-0.4, -0.2) is 28.8 Å². The number of carbonyl (C=O) groups excluding carboxylic acids is 2. The van der Waals surface area contributed by atoms with Gasteiger partial charge in [0.15, 0.2) is 0 Å². The SMILES string of the molecule is C[C@@H](C(=O)NC1CCCC1)N(Cc1ccc(Cl)c(Cl)c1)C(=O)CCc1ccccc1. The number of rotatable bonds is 8. The molecule has 0 radical (unpaired) electrons. The molecule has 2 aromatic rings. The molecule has 0 bridgehead atoms. The van der Waals surface area contributed by atoms with Crippen molar-refractivity contribution in [3.05, 3.63) is 69.7 Å². The summed E-state index contributed by atoms with van der Waals surface area (Å²) in [7, 11) is 0. The quantitative estimate of drug-likeness (QED) is 0.589. The molecule has 0 heterocycles. The number of amides is 2. The summed E-state index contributed by atoms with van der Waals surface area (Å²) in [6.45, 7) is 2.10. The summed E-state index contributed by atoms with van der Waals surface area (Å²) in [6.07, 6.45) is 5.27. The molecule has 2 amide bonds. The van der Waals surface area contributed by atoms with Crippen LogP contribution in [0.1, 0.15) is 50.2 Å². The van der Waals surface area contributed by atoms with Crippen molar-refractivity contribution in [3.8, 4) is 0 Å². The van der Waals surface area contributed by atoms with Crippen molar-refractivity contribution < 1.29 is 9.59 Å². The van der Waals surface area contributed by atoms with Crippen molar-refractivity contribution in [2.24, 2.45) is 0 Å². The second kappa shape index (κ2) is 10.8. The van der Waals surface area contributed by atoms with Crippen molar-refractivity contribution in [2.75, 3.05) is 0 Å². The maximum absolute atomic E-state index is 13.1. The largest absolute Gasteiger partial charge is 0.352 e. The van der Waals surface area contributed by atoms with Gasteiger partial charge in [0.05, 0.1) is 10.0 Å². The van der Waals surface area contributed by atoms with Gasteiger partial charge < -0.3 is 10.2 Å². The highest BCUT2D eigenvalue weighted by atomic mass is 35.5. The van der Waals surface area contributed by atoms with E-state index in [-0.39, 0.29) is 17.9 Å². The Morgan fingerprint density at radius 3 is 2.40 bits per heavy atom. The van der Waals surface area contributed by atoms with Crippen molar-refractivity contribution in [3.63, 3.8) is 0 Å². The summed E-state index contributed by atoms with van der Waals surface area (Å²) in [5.74, 6) is -0.158. The Labute approximate surface area is 188 Å². The van der Waals surface area contributed by atoms with E-state index in [2.05, 4.69) is 5.32 Å². The molecule has 30 heavy (non-hydrogen) atoms. The fourth-order valence-corrected chi connectivity index (χ4v) is 4.17. The third-order valence-electron chi connectivity index (χ3n) is 5.68. The molecule has 0 aliphatic heterocycles. The topological polar surface area (TPSA) is 49.4 Å². The van der Waals surface area contributed by atoms with Gasteiger partial charge in [0, 0.05) is 19.0 Å². The summed E-state index contributed by atoms with van der Waals surface area (Å²) in [6, 6.07) is 14.9. The van der Waals surface area contributed by atoms with Crippen LogP contribution in [0.2, 0.25) is 10.0 Å². The lowest BCUT2D eigenvalue weighted by molar-refractivity contribution is -0.140. The van der Waals surface area contributed by atoms with E-state index in [1.807, 2.05) is 36.4 Å². The van der Waals surface area contributed by atoms with Crippen LogP contribution in [0.4, 0.5) is 0 Å². The molecule has 0 saturated heterocycles. The molecule has 0 unspecified atom stereocenters. The Bertz CT molecular complexity index is 867. The number of nitrogens with one attached hydrogen (secondary N) is 1. The highest BCUT2D eigenvalue weighted by Gasteiger charge is 2.28. The van der Waals surface area contributed by atoms with E-state index in [1.165, 1.54) is 0 Å². The van der Waals surface area contributed by atoms with E-state index in [0.717, 1.165) is 36.8 Å². The van der Waals surface area contributed by atoms with Gasteiger partial charge >= 0.3 is 0 Å². The fraction of sp³-hybridized carbons (Fsp3) is 0.417. The van der Waals surface area contributed by atoms with E-state index in [1.54, 1.807) is 24.0 Å². The van der Waals surface area contributed by atoms with Crippen molar-refractivity contribution >= 4 is 35.0 Å². The lowest BCUT2D eigenvalue weighted by Gasteiger charge is -2.30. The van der Waals surface area contributed by atoms with E-state index in [9.17, 15) is 9.59 Å². The first-order valence-corrected chi connectivity index (χ1v) is 11.3. The standard InChI is InChI=1S/C24H28Cl2N2O2/c1-17(24(30)27-20-9-5-6-10-20)28(16-19-11-13-21(25)22(26)15-19)23(29)14-12-18-7-3-2-4-8-18/h2-4,7-8,11,13,15,17,20H,5-6,9-10,12,14,16H2,1H3,(H,27,30)/t17-/m0/s1. The fourth-order valence-electron chi connectivity index (χ4n) is 3.85. The summed E-state index contributed by atoms with van der Waals surface area (Å²) in [4.78, 5) is 27.7. The number of hydrogen-bond donors (Lipinski definition) is 1. The minimum Gasteiger partial charge on any atom is -0.352 e. The van der Waals surface area contributed by atoms with E-state index in [4.69, 9.17) is 23.2 Å². The van der Waals surface area contributed by atoms with Gasteiger partial charge in [0.25, 0.3) is 0 Å². The predicted octanol–water partition coefficient (Wildman–Crippen LogP) is 5.40. The van der Waals surface area contributed by atoms with E-state index < -0.39 is 6.04 Å². The molecule has 1 saturated carbocycles. The van der Waals surface area contributed by atoms with Crippen molar-refractivity contribution in [1.82, 2.24) is 10.2 Å². The Morgan fingerprint density at radius 1 is 1.03 bits per heavy atom. The molecule has 1 aliphatic carbocycles. The third-order valence-corrected chi connectivity index (χ3v) is 6.42. The maximum Gasteiger partial charge on any atom is 0.242 e. The lowest BCUT2D eigenvalue weighted by Crippen LogP contribution is -2.49. The van der Waals surface area contributed by atoms with Crippen LogP contribution in [0.15, 0.2) is 48.5 Å². The number of carbonyl (C=O) groups is 2. The van der Waals surface area contributed by atoms with Gasteiger partial charge in [-0.1, -0.05) is 72.4 Å². The van der Waals surface area contributed by atoms with Gasteiger partial charge in [-0.15, -0.1) is 0 Å². The molecule has 6 heteroatoms. The first-order valence-electron chi connectivity index (χ1n) is 10.5. The highest BCUT2D eigenvalue weighted by molar-refractivity contribution is 6.42. The van der Waals surface area contributed by atoms with Gasteiger partial charge in [-0.3, -0.25) is 9.59 Å². The van der Waals surface area contributed by atoms with Gasteiger partial charge in [-0.25, -0.2) is 0 Å².